The molecule has 0 N–H and O–H groups in total. The summed E-state index contributed by atoms with van der Waals surface area (Å²) in [4.78, 5) is 12.4. The Morgan fingerprint density at radius 1 is 0.909 bits per heavy atom. The first-order chi connectivity index (χ1) is 16.3. The fourth-order valence-corrected chi connectivity index (χ4v) is 4.29. The van der Waals surface area contributed by atoms with Gasteiger partial charge in [-0.05, 0) is 54.6 Å². The molecular weight excluding hydrogens is 416 g/mol. The van der Waals surface area contributed by atoms with Crippen molar-refractivity contribution in [2.75, 3.05) is 0 Å². The molecule has 4 aromatic rings. The molecule has 0 unspecified atom stereocenters. The number of hydrogen-bond acceptors (Lipinski definition) is 6. The number of furan rings is 1. The Morgan fingerprint density at radius 2 is 1.70 bits per heavy atom. The normalized spacial score (nSPS) is 18.7. The predicted octanol–water partition coefficient (Wildman–Crippen LogP) is 5.74. The molecule has 33 heavy (non-hydrogen) atoms. The second-order valence-electron chi connectivity index (χ2n) is 7.96. The van der Waals surface area contributed by atoms with E-state index in [0.29, 0.717) is 11.3 Å². The lowest BCUT2D eigenvalue weighted by Crippen LogP contribution is -2.33. The second kappa shape index (κ2) is 7.98. The van der Waals surface area contributed by atoms with E-state index in [1.807, 2.05) is 65.7 Å². The maximum atomic E-state index is 12.4. The van der Waals surface area contributed by atoms with Crippen LogP contribution in [0.25, 0.3) is 0 Å². The average Bonchev–Trinajstić information content (AvgIpc) is 3.55. The standard InChI is InChI=1S/C27H20N2O4/c30-27(19-7-2-1-3-8-19)32-20-14-12-18(13-15-20)26-29-23(21-9-4-5-10-24(21)33-26)17-22(28-29)25-11-6-16-31-25/h1-16,23,26H,17H2/t23-,26+/m0/s1. The van der Waals surface area contributed by atoms with Crippen LogP contribution in [-0.2, 0) is 0 Å². The number of rotatable bonds is 4. The van der Waals surface area contributed by atoms with Gasteiger partial charge in [0.15, 0.2) is 0 Å². The maximum Gasteiger partial charge on any atom is 0.343 e. The third-order valence-corrected chi connectivity index (χ3v) is 5.89. The zero-order valence-corrected chi connectivity index (χ0v) is 17.6. The number of hydrogen-bond donors (Lipinski definition) is 0. The fraction of sp³-hybridized carbons (Fsp3) is 0.111. The molecule has 0 saturated carbocycles. The number of ether oxygens (including phenoxy) is 2. The lowest BCUT2D eigenvalue weighted by molar-refractivity contribution is -0.0190. The molecule has 0 amide bonds. The van der Waals surface area contributed by atoms with Crippen LogP contribution in [0.4, 0.5) is 0 Å². The molecule has 3 aromatic carbocycles. The molecule has 2 aliphatic rings. The van der Waals surface area contributed by atoms with E-state index < -0.39 is 12.2 Å². The predicted molar refractivity (Wildman–Crippen MR) is 122 cm³/mol. The van der Waals surface area contributed by atoms with Gasteiger partial charge in [0.25, 0.3) is 0 Å². The molecule has 6 nitrogen and oxygen atoms in total. The second-order valence-corrected chi connectivity index (χ2v) is 7.96. The van der Waals surface area contributed by atoms with Crippen LogP contribution in [0.2, 0.25) is 0 Å². The number of hydrazone groups is 1. The number of fused-ring (bicyclic) bond motifs is 3. The van der Waals surface area contributed by atoms with Crippen LogP contribution in [0.15, 0.2) is 107 Å². The molecule has 0 fully saturated rings. The Morgan fingerprint density at radius 3 is 2.48 bits per heavy atom. The van der Waals surface area contributed by atoms with Crippen molar-refractivity contribution in [2.45, 2.75) is 18.7 Å². The van der Waals surface area contributed by atoms with Crippen molar-refractivity contribution in [3.8, 4) is 11.5 Å². The van der Waals surface area contributed by atoms with Crippen LogP contribution in [0, 0.1) is 0 Å². The van der Waals surface area contributed by atoms with E-state index in [2.05, 4.69) is 6.07 Å². The smallest absolute Gasteiger partial charge is 0.343 e. The van der Waals surface area contributed by atoms with E-state index in [1.54, 1.807) is 30.5 Å². The summed E-state index contributed by atoms with van der Waals surface area (Å²) in [5.41, 5.74) is 3.42. The van der Waals surface area contributed by atoms with Crippen molar-refractivity contribution in [3.05, 3.63) is 120 Å². The minimum Gasteiger partial charge on any atom is -0.464 e. The number of esters is 1. The van der Waals surface area contributed by atoms with Crippen LogP contribution in [-0.4, -0.2) is 16.7 Å². The Balaban J connectivity index is 1.29. The topological polar surface area (TPSA) is 64.3 Å². The SMILES string of the molecule is O=C(Oc1ccc([C@H]2Oc3ccccc3[C@@H]3CC(c4ccco4)=NN23)cc1)c1ccccc1. The Bertz CT molecular complexity index is 1310. The number of para-hydroxylation sites is 1. The van der Waals surface area contributed by atoms with Crippen molar-refractivity contribution in [1.82, 2.24) is 5.01 Å². The Kier molecular flexibility index (Phi) is 4.69. The summed E-state index contributed by atoms with van der Waals surface area (Å²) >= 11 is 0. The molecule has 1 aromatic heterocycles. The Labute approximate surface area is 190 Å². The van der Waals surface area contributed by atoms with Gasteiger partial charge in [0.1, 0.15) is 23.0 Å². The van der Waals surface area contributed by atoms with Crippen molar-refractivity contribution >= 4 is 11.7 Å². The average molecular weight is 436 g/mol. The molecule has 2 atom stereocenters. The first-order valence-corrected chi connectivity index (χ1v) is 10.8. The summed E-state index contributed by atoms with van der Waals surface area (Å²) in [7, 11) is 0. The van der Waals surface area contributed by atoms with Crippen molar-refractivity contribution < 1.29 is 18.7 Å². The summed E-state index contributed by atoms with van der Waals surface area (Å²) in [6, 6.07) is 28.2. The van der Waals surface area contributed by atoms with Crippen molar-refractivity contribution in [1.29, 1.82) is 0 Å². The van der Waals surface area contributed by atoms with Gasteiger partial charge in [-0.2, -0.15) is 5.10 Å². The van der Waals surface area contributed by atoms with E-state index in [0.717, 1.165) is 34.8 Å². The first-order valence-electron chi connectivity index (χ1n) is 10.8. The highest BCUT2D eigenvalue weighted by atomic mass is 16.5. The molecular formula is C27H20N2O4. The fourth-order valence-electron chi connectivity index (χ4n) is 4.29. The van der Waals surface area contributed by atoms with Gasteiger partial charge in [-0.15, -0.1) is 0 Å². The van der Waals surface area contributed by atoms with Crippen molar-refractivity contribution in [2.24, 2.45) is 5.10 Å². The van der Waals surface area contributed by atoms with Crippen LogP contribution < -0.4 is 9.47 Å². The minimum absolute atomic E-state index is 0.0515. The third-order valence-electron chi connectivity index (χ3n) is 5.89. The van der Waals surface area contributed by atoms with Crippen LogP contribution in [0.3, 0.4) is 0 Å². The number of carbonyl (C=O) groups excluding carboxylic acids is 1. The molecule has 0 radical (unpaired) electrons. The summed E-state index contributed by atoms with van der Waals surface area (Å²) in [5.74, 6) is 1.70. The van der Waals surface area contributed by atoms with E-state index in [-0.39, 0.29) is 6.04 Å². The summed E-state index contributed by atoms with van der Waals surface area (Å²) in [5, 5.41) is 6.86. The Hall–Kier alpha value is -4.32. The summed E-state index contributed by atoms with van der Waals surface area (Å²) in [6.07, 6.45) is 1.99. The van der Waals surface area contributed by atoms with Crippen LogP contribution in [0.1, 0.15) is 45.9 Å². The lowest BCUT2D eigenvalue weighted by atomic mass is 9.97. The molecule has 0 saturated heterocycles. The monoisotopic (exact) mass is 436 g/mol. The molecule has 6 rings (SSSR count). The first kappa shape index (κ1) is 19.4. The molecule has 3 heterocycles. The maximum absolute atomic E-state index is 12.4. The number of nitrogens with zero attached hydrogens (tertiary/aromatic N) is 2. The van der Waals surface area contributed by atoms with Crippen molar-refractivity contribution in [3.63, 3.8) is 0 Å². The van der Waals surface area contributed by atoms with E-state index in [1.165, 1.54) is 0 Å². The van der Waals surface area contributed by atoms with Gasteiger partial charge < -0.3 is 13.9 Å². The quantitative estimate of drug-likeness (QED) is 0.301. The van der Waals surface area contributed by atoms with Gasteiger partial charge in [0.2, 0.25) is 6.23 Å². The molecule has 162 valence electrons. The van der Waals surface area contributed by atoms with E-state index in [4.69, 9.17) is 19.0 Å². The highest BCUT2D eigenvalue weighted by Gasteiger charge is 2.41. The van der Waals surface area contributed by atoms with Crippen LogP contribution >= 0.6 is 0 Å². The van der Waals surface area contributed by atoms with Gasteiger partial charge in [-0.1, -0.05) is 36.4 Å². The zero-order valence-electron chi connectivity index (χ0n) is 17.6. The summed E-state index contributed by atoms with van der Waals surface area (Å²) in [6.45, 7) is 0. The minimum atomic E-state index is -0.406. The van der Waals surface area contributed by atoms with Gasteiger partial charge in [-0.25, -0.2) is 9.80 Å². The van der Waals surface area contributed by atoms with Gasteiger partial charge in [0.05, 0.1) is 17.9 Å². The lowest BCUT2D eigenvalue weighted by Gasteiger charge is -2.38. The molecule has 6 heteroatoms. The summed E-state index contributed by atoms with van der Waals surface area (Å²) < 4.78 is 17.5. The molecule has 0 aliphatic carbocycles. The highest BCUT2D eigenvalue weighted by molar-refractivity contribution is 5.99. The van der Waals surface area contributed by atoms with E-state index in [9.17, 15) is 4.79 Å². The van der Waals surface area contributed by atoms with E-state index >= 15 is 0 Å². The molecule has 2 aliphatic heterocycles. The van der Waals surface area contributed by atoms with Gasteiger partial charge >= 0.3 is 5.97 Å². The van der Waals surface area contributed by atoms with Gasteiger partial charge in [-0.3, -0.25) is 0 Å². The zero-order chi connectivity index (χ0) is 22.2. The van der Waals surface area contributed by atoms with Crippen LogP contribution in [0.5, 0.6) is 11.5 Å². The number of benzene rings is 3. The molecule has 0 bridgehead atoms. The third kappa shape index (κ3) is 3.55. The number of carbonyl (C=O) groups is 1. The highest BCUT2D eigenvalue weighted by Crippen LogP contribution is 2.47. The largest absolute Gasteiger partial charge is 0.464 e. The van der Waals surface area contributed by atoms with Gasteiger partial charge in [0, 0.05) is 17.5 Å². The molecule has 0 spiro atoms.